The summed E-state index contributed by atoms with van der Waals surface area (Å²) in [7, 11) is 1.77. The summed E-state index contributed by atoms with van der Waals surface area (Å²) in [6, 6.07) is 5.56. The number of amides is 1. The molecular weight excluding hydrogens is 398 g/mol. The van der Waals surface area contributed by atoms with Crippen LogP contribution in [0.2, 0.25) is 0 Å². The first kappa shape index (κ1) is 19.6. The number of ether oxygens (including phenoxy) is 1. The third-order valence-corrected chi connectivity index (χ3v) is 5.95. The lowest BCUT2D eigenvalue weighted by Gasteiger charge is -2.26. The Morgan fingerprint density at radius 1 is 1.29 bits per heavy atom. The number of anilines is 3. The summed E-state index contributed by atoms with van der Waals surface area (Å²) in [4.78, 5) is 30.3. The fraction of sp³-hybridized carbons (Fsp3) is 0.429. The molecular formula is C21H25N7O3. The quantitative estimate of drug-likeness (QED) is 0.555. The van der Waals surface area contributed by atoms with Gasteiger partial charge in [0, 0.05) is 32.0 Å². The van der Waals surface area contributed by atoms with Crippen LogP contribution in [-0.4, -0.2) is 51.4 Å². The van der Waals surface area contributed by atoms with Crippen molar-refractivity contribution in [3.05, 3.63) is 46.5 Å². The molecule has 31 heavy (non-hydrogen) atoms. The number of hydrogen-bond acceptors (Lipinski definition) is 7. The fourth-order valence-electron chi connectivity index (χ4n) is 3.95. The molecule has 1 saturated heterocycles. The Bertz CT molecular complexity index is 1180. The van der Waals surface area contributed by atoms with Crippen LogP contribution >= 0.6 is 0 Å². The normalized spacial score (nSPS) is 18.7. The van der Waals surface area contributed by atoms with E-state index in [-0.39, 0.29) is 23.6 Å². The molecule has 4 heterocycles. The molecule has 0 radical (unpaired) electrons. The highest BCUT2D eigenvalue weighted by atomic mass is 16.5. The van der Waals surface area contributed by atoms with Gasteiger partial charge in [-0.2, -0.15) is 9.61 Å². The zero-order valence-electron chi connectivity index (χ0n) is 17.3. The smallest absolute Gasteiger partial charge is 0.274 e. The molecule has 162 valence electrons. The highest BCUT2D eigenvalue weighted by molar-refractivity contribution is 6.00. The van der Waals surface area contributed by atoms with Gasteiger partial charge in [-0.15, -0.1) is 0 Å². The van der Waals surface area contributed by atoms with Gasteiger partial charge in [-0.1, -0.05) is 0 Å². The summed E-state index contributed by atoms with van der Waals surface area (Å²) in [5.74, 6) is 0.915. The average Bonchev–Trinajstić information content (AvgIpc) is 3.41. The standard InChI is InChI=1S/C21H25N7O3/c1-22-18-10-17(25-16-6-3-8-27(21(16)30)14-7-9-31-12-14)26-19-15(11-23-28(18)19)20(29)24-13-4-2-5-13/h3,6,8,10-11,13-14,22H,2,4-5,7,9,12H2,1H3,(H,24,29)(H,25,26)/t14-/m0/s1. The summed E-state index contributed by atoms with van der Waals surface area (Å²) < 4.78 is 8.70. The zero-order chi connectivity index (χ0) is 21.4. The van der Waals surface area contributed by atoms with Gasteiger partial charge in [0.1, 0.15) is 22.9 Å². The van der Waals surface area contributed by atoms with Crippen molar-refractivity contribution in [2.45, 2.75) is 37.8 Å². The van der Waals surface area contributed by atoms with E-state index in [4.69, 9.17) is 4.74 Å². The summed E-state index contributed by atoms with van der Waals surface area (Å²) in [5.41, 5.74) is 1.10. The number of carbonyl (C=O) groups excluding carboxylic acids is 1. The Balaban J connectivity index is 1.48. The molecule has 1 atom stereocenters. The first-order valence-electron chi connectivity index (χ1n) is 10.6. The van der Waals surface area contributed by atoms with Crippen LogP contribution in [-0.2, 0) is 4.74 Å². The number of pyridine rings is 1. The Hall–Kier alpha value is -3.40. The minimum Gasteiger partial charge on any atom is -0.379 e. The van der Waals surface area contributed by atoms with Crippen LogP contribution in [0.25, 0.3) is 5.65 Å². The van der Waals surface area contributed by atoms with Crippen LogP contribution in [0.15, 0.2) is 35.4 Å². The zero-order valence-corrected chi connectivity index (χ0v) is 17.3. The van der Waals surface area contributed by atoms with Gasteiger partial charge in [0.2, 0.25) is 0 Å². The largest absolute Gasteiger partial charge is 0.379 e. The van der Waals surface area contributed by atoms with Crippen molar-refractivity contribution in [2.24, 2.45) is 0 Å². The lowest BCUT2D eigenvalue weighted by molar-refractivity contribution is 0.0918. The van der Waals surface area contributed by atoms with Crippen LogP contribution in [0, 0.1) is 0 Å². The monoisotopic (exact) mass is 423 g/mol. The van der Waals surface area contributed by atoms with Gasteiger partial charge in [-0.25, -0.2) is 4.98 Å². The van der Waals surface area contributed by atoms with Crippen LogP contribution < -0.4 is 21.5 Å². The van der Waals surface area contributed by atoms with Crippen molar-refractivity contribution in [3.63, 3.8) is 0 Å². The van der Waals surface area contributed by atoms with E-state index in [9.17, 15) is 9.59 Å². The molecule has 1 aliphatic heterocycles. The maximum absolute atomic E-state index is 13.0. The number of aromatic nitrogens is 4. The molecule has 5 rings (SSSR count). The molecule has 3 N–H and O–H groups in total. The van der Waals surface area contributed by atoms with Gasteiger partial charge in [0.15, 0.2) is 5.65 Å². The number of nitrogens with one attached hydrogen (secondary N) is 3. The number of rotatable bonds is 6. The van der Waals surface area contributed by atoms with E-state index in [2.05, 4.69) is 26.0 Å². The van der Waals surface area contributed by atoms with E-state index >= 15 is 0 Å². The van der Waals surface area contributed by atoms with Crippen molar-refractivity contribution in [2.75, 3.05) is 30.9 Å². The van der Waals surface area contributed by atoms with E-state index in [1.165, 1.54) is 6.20 Å². The Kier molecular flexibility index (Phi) is 5.06. The molecule has 2 fully saturated rings. The lowest BCUT2D eigenvalue weighted by Crippen LogP contribution is -2.39. The van der Waals surface area contributed by atoms with Crippen molar-refractivity contribution in [1.82, 2.24) is 24.5 Å². The third-order valence-electron chi connectivity index (χ3n) is 5.95. The van der Waals surface area contributed by atoms with Crippen LogP contribution in [0.4, 0.5) is 17.3 Å². The summed E-state index contributed by atoms with van der Waals surface area (Å²) >= 11 is 0. The summed E-state index contributed by atoms with van der Waals surface area (Å²) in [6.07, 6.45) is 7.25. The number of hydrogen-bond donors (Lipinski definition) is 3. The molecule has 1 saturated carbocycles. The van der Waals surface area contributed by atoms with Gasteiger partial charge < -0.3 is 25.3 Å². The van der Waals surface area contributed by atoms with Gasteiger partial charge in [0.25, 0.3) is 11.5 Å². The highest BCUT2D eigenvalue weighted by Gasteiger charge is 2.24. The molecule has 10 nitrogen and oxygen atoms in total. The van der Waals surface area contributed by atoms with Gasteiger partial charge >= 0.3 is 0 Å². The predicted molar refractivity (Wildman–Crippen MR) is 116 cm³/mol. The molecule has 3 aromatic rings. The molecule has 2 aliphatic rings. The SMILES string of the molecule is CNc1cc(Nc2cccn([C@H]3CCOC3)c2=O)nc2c(C(=O)NC3CCC3)cnn12. The van der Waals surface area contributed by atoms with Crippen LogP contribution in [0.5, 0.6) is 0 Å². The predicted octanol–water partition coefficient (Wildman–Crippen LogP) is 1.92. The Morgan fingerprint density at radius 3 is 2.87 bits per heavy atom. The van der Waals surface area contributed by atoms with Gasteiger partial charge in [-0.3, -0.25) is 9.59 Å². The highest BCUT2D eigenvalue weighted by Crippen LogP contribution is 2.23. The molecule has 10 heteroatoms. The van der Waals surface area contributed by atoms with Crippen molar-refractivity contribution >= 4 is 28.9 Å². The van der Waals surface area contributed by atoms with E-state index in [1.54, 1.807) is 34.5 Å². The second kappa shape index (κ2) is 8.03. The first-order valence-corrected chi connectivity index (χ1v) is 10.6. The Labute approximate surface area is 178 Å². The lowest BCUT2D eigenvalue weighted by atomic mass is 9.93. The second-order valence-corrected chi connectivity index (χ2v) is 7.95. The van der Waals surface area contributed by atoms with Crippen molar-refractivity contribution in [3.8, 4) is 0 Å². The van der Waals surface area contributed by atoms with Crippen molar-refractivity contribution < 1.29 is 9.53 Å². The van der Waals surface area contributed by atoms with E-state index in [0.29, 0.717) is 41.7 Å². The minimum atomic E-state index is -0.185. The number of nitrogens with zero attached hydrogens (tertiary/aromatic N) is 4. The molecule has 0 unspecified atom stereocenters. The third kappa shape index (κ3) is 3.63. The van der Waals surface area contributed by atoms with Crippen LogP contribution in [0.3, 0.4) is 0 Å². The first-order chi connectivity index (χ1) is 15.1. The summed E-state index contributed by atoms with van der Waals surface area (Å²) in [5, 5.41) is 13.5. The average molecular weight is 423 g/mol. The second-order valence-electron chi connectivity index (χ2n) is 7.95. The Morgan fingerprint density at radius 2 is 2.16 bits per heavy atom. The van der Waals surface area contributed by atoms with Gasteiger partial charge in [0.05, 0.1) is 18.8 Å². The number of fused-ring (bicyclic) bond motifs is 1. The van der Waals surface area contributed by atoms with Crippen LogP contribution in [0.1, 0.15) is 42.1 Å². The van der Waals surface area contributed by atoms with Crippen molar-refractivity contribution in [1.29, 1.82) is 0 Å². The molecule has 1 aliphatic carbocycles. The maximum Gasteiger partial charge on any atom is 0.274 e. The fourth-order valence-corrected chi connectivity index (χ4v) is 3.95. The van der Waals surface area contributed by atoms with E-state index in [1.807, 2.05) is 6.07 Å². The topological polar surface area (TPSA) is 115 Å². The molecule has 1 amide bonds. The number of carbonyl (C=O) groups is 1. The minimum absolute atomic E-state index is 0.0363. The molecule has 3 aromatic heterocycles. The maximum atomic E-state index is 13.0. The van der Waals surface area contributed by atoms with E-state index < -0.39 is 0 Å². The molecule has 0 spiro atoms. The molecule has 0 bridgehead atoms. The van der Waals surface area contributed by atoms with Gasteiger partial charge in [-0.05, 0) is 37.8 Å². The van der Waals surface area contributed by atoms with E-state index in [0.717, 1.165) is 25.7 Å². The molecule has 0 aromatic carbocycles. The summed E-state index contributed by atoms with van der Waals surface area (Å²) in [6.45, 7) is 1.19.